The summed E-state index contributed by atoms with van der Waals surface area (Å²) in [6.07, 6.45) is 0. The first-order valence-electron chi connectivity index (χ1n) is 4.21. The second-order valence-corrected chi connectivity index (χ2v) is 4.02. The Morgan fingerprint density at radius 1 is 1.14 bits per heavy atom. The molecule has 0 bridgehead atoms. The van der Waals surface area contributed by atoms with Gasteiger partial charge < -0.3 is 4.74 Å². The van der Waals surface area contributed by atoms with Crippen LogP contribution >= 0.6 is 15.9 Å². The first-order chi connectivity index (χ1) is 6.77. The van der Waals surface area contributed by atoms with Crippen LogP contribution < -0.4 is 4.74 Å². The molecule has 3 heteroatoms. The summed E-state index contributed by atoms with van der Waals surface area (Å²) in [6.45, 7) is 0. The zero-order valence-corrected chi connectivity index (χ0v) is 8.67. The molecule has 0 radical (unpaired) electrons. The van der Waals surface area contributed by atoms with Gasteiger partial charge in [-0.1, -0.05) is 28.1 Å². The van der Waals surface area contributed by atoms with E-state index in [4.69, 9.17) is 4.74 Å². The zero-order valence-electron chi connectivity index (χ0n) is 7.08. The topological polar surface area (TPSA) is 26.3 Å². The van der Waals surface area contributed by atoms with E-state index in [1.807, 2.05) is 18.2 Å². The molecule has 0 saturated carbocycles. The van der Waals surface area contributed by atoms with Gasteiger partial charge >= 0.3 is 5.97 Å². The van der Waals surface area contributed by atoms with Crippen molar-refractivity contribution in [2.45, 2.75) is 0 Å². The van der Waals surface area contributed by atoms with Crippen LogP contribution in [0.5, 0.6) is 5.75 Å². The van der Waals surface area contributed by atoms with Crippen molar-refractivity contribution in [3.8, 4) is 5.75 Å². The molecule has 0 N–H and O–H groups in total. The van der Waals surface area contributed by atoms with Crippen molar-refractivity contribution >= 4 is 32.7 Å². The van der Waals surface area contributed by atoms with E-state index in [0.717, 1.165) is 15.2 Å². The second-order valence-electron chi connectivity index (χ2n) is 3.16. The average Bonchev–Trinajstić information content (AvgIpc) is 2.52. The van der Waals surface area contributed by atoms with Crippen LogP contribution in [-0.4, -0.2) is 5.97 Å². The summed E-state index contributed by atoms with van der Waals surface area (Å²) in [5, 5.41) is 1.93. The summed E-state index contributed by atoms with van der Waals surface area (Å²) in [4.78, 5) is 11.4. The normalized spacial score (nSPS) is 13.4. The molecule has 0 fully saturated rings. The van der Waals surface area contributed by atoms with E-state index in [1.165, 1.54) is 0 Å². The van der Waals surface area contributed by atoms with Gasteiger partial charge in [-0.3, -0.25) is 0 Å². The monoisotopic (exact) mass is 248 g/mol. The summed E-state index contributed by atoms with van der Waals surface area (Å²) in [5.74, 6) is 0.396. The fourth-order valence-corrected chi connectivity index (χ4v) is 2.21. The first kappa shape index (κ1) is 8.00. The summed E-state index contributed by atoms with van der Waals surface area (Å²) < 4.78 is 6.10. The Hall–Kier alpha value is -1.35. The van der Waals surface area contributed by atoms with Crippen LogP contribution in [0, 0.1) is 0 Å². The SMILES string of the molecule is O=C1Oc2ccc(Br)c3cccc1c23. The molecule has 2 nitrogen and oxygen atoms in total. The van der Waals surface area contributed by atoms with Crippen LogP contribution in [0.15, 0.2) is 34.8 Å². The number of ether oxygens (including phenoxy) is 1. The van der Waals surface area contributed by atoms with Crippen LogP contribution in [0.2, 0.25) is 0 Å². The number of hydrogen-bond donors (Lipinski definition) is 0. The Balaban J connectivity index is 2.58. The summed E-state index contributed by atoms with van der Waals surface area (Å²) in [5.41, 5.74) is 0.652. The predicted octanol–water partition coefficient (Wildman–Crippen LogP) is 3.13. The number of hydrogen-bond acceptors (Lipinski definition) is 2. The average molecular weight is 249 g/mol. The van der Waals surface area contributed by atoms with E-state index in [-0.39, 0.29) is 5.97 Å². The molecule has 0 atom stereocenters. The molecule has 0 spiro atoms. The van der Waals surface area contributed by atoms with E-state index in [0.29, 0.717) is 11.3 Å². The van der Waals surface area contributed by atoms with E-state index in [1.54, 1.807) is 12.1 Å². The van der Waals surface area contributed by atoms with E-state index in [9.17, 15) is 4.79 Å². The number of benzene rings is 2. The molecule has 1 heterocycles. The highest BCUT2D eigenvalue weighted by Crippen LogP contribution is 2.38. The lowest BCUT2D eigenvalue weighted by Crippen LogP contribution is -2.00. The molecule has 3 rings (SSSR count). The summed E-state index contributed by atoms with van der Waals surface area (Å²) in [6, 6.07) is 9.31. The lowest BCUT2D eigenvalue weighted by Gasteiger charge is -1.99. The minimum atomic E-state index is -0.260. The predicted molar refractivity (Wildman–Crippen MR) is 56.6 cm³/mol. The highest BCUT2D eigenvalue weighted by molar-refractivity contribution is 9.10. The van der Waals surface area contributed by atoms with Crippen molar-refractivity contribution in [3.05, 3.63) is 40.4 Å². The lowest BCUT2D eigenvalue weighted by atomic mass is 10.1. The lowest BCUT2D eigenvalue weighted by molar-refractivity contribution is 0.0754. The molecule has 0 aromatic heterocycles. The van der Waals surface area contributed by atoms with Gasteiger partial charge in [0.05, 0.1) is 5.56 Å². The maximum atomic E-state index is 11.4. The molecule has 0 amide bonds. The maximum Gasteiger partial charge on any atom is 0.344 e. The third-order valence-corrected chi connectivity index (χ3v) is 3.06. The van der Waals surface area contributed by atoms with Crippen molar-refractivity contribution in [2.24, 2.45) is 0 Å². The molecule has 2 aromatic carbocycles. The van der Waals surface area contributed by atoms with Crippen molar-refractivity contribution in [3.63, 3.8) is 0 Å². The molecule has 1 aliphatic heterocycles. The van der Waals surface area contributed by atoms with Gasteiger partial charge in [-0.05, 0) is 18.2 Å². The van der Waals surface area contributed by atoms with E-state index >= 15 is 0 Å². The van der Waals surface area contributed by atoms with Gasteiger partial charge in [0.2, 0.25) is 0 Å². The number of carbonyl (C=O) groups is 1. The first-order valence-corrected chi connectivity index (χ1v) is 5.00. The smallest absolute Gasteiger partial charge is 0.344 e. The van der Waals surface area contributed by atoms with E-state index < -0.39 is 0 Å². The Kier molecular flexibility index (Phi) is 1.47. The largest absolute Gasteiger partial charge is 0.422 e. The van der Waals surface area contributed by atoms with Crippen LogP contribution in [0.4, 0.5) is 0 Å². The molecule has 68 valence electrons. The molecule has 0 saturated heterocycles. The summed E-state index contributed by atoms with van der Waals surface area (Å²) >= 11 is 3.45. The van der Waals surface area contributed by atoms with Gasteiger partial charge in [-0.2, -0.15) is 0 Å². The standard InChI is InChI=1S/C11H5BrO2/c12-8-4-5-9-10-6(8)2-1-3-7(10)11(13)14-9/h1-5H. The Labute approximate surface area is 88.6 Å². The summed E-state index contributed by atoms with van der Waals surface area (Å²) in [7, 11) is 0. The van der Waals surface area contributed by atoms with Crippen LogP contribution in [0.1, 0.15) is 10.4 Å². The van der Waals surface area contributed by atoms with Crippen molar-refractivity contribution in [1.82, 2.24) is 0 Å². The molecule has 2 aromatic rings. The molecule has 1 aliphatic rings. The van der Waals surface area contributed by atoms with Crippen molar-refractivity contribution < 1.29 is 9.53 Å². The highest BCUT2D eigenvalue weighted by atomic mass is 79.9. The number of esters is 1. The maximum absolute atomic E-state index is 11.4. The van der Waals surface area contributed by atoms with Crippen LogP contribution in [0.3, 0.4) is 0 Å². The van der Waals surface area contributed by atoms with E-state index in [2.05, 4.69) is 15.9 Å². The van der Waals surface area contributed by atoms with Gasteiger partial charge in [0.25, 0.3) is 0 Å². The highest BCUT2D eigenvalue weighted by Gasteiger charge is 2.23. The quantitative estimate of drug-likeness (QED) is 0.529. The van der Waals surface area contributed by atoms with Crippen LogP contribution in [-0.2, 0) is 0 Å². The zero-order chi connectivity index (χ0) is 9.71. The Morgan fingerprint density at radius 3 is 2.86 bits per heavy atom. The fourth-order valence-electron chi connectivity index (χ4n) is 1.75. The van der Waals surface area contributed by atoms with Crippen molar-refractivity contribution in [1.29, 1.82) is 0 Å². The molecular weight excluding hydrogens is 244 g/mol. The number of carbonyl (C=O) groups excluding carboxylic acids is 1. The fraction of sp³-hybridized carbons (Fsp3) is 0. The number of rotatable bonds is 0. The third-order valence-electron chi connectivity index (χ3n) is 2.37. The van der Waals surface area contributed by atoms with Gasteiger partial charge in [0.15, 0.2) is 0 Å². The van der Waals surface area contributed by atoms with Gasteiger partial charge in [0, 0.05) is 15.2 Å². The Morgan fingerprint density at radius 2 is 2.00 bits per heavy atom. The molecule has 0 aliphatic carbocycles. The van der Waals surface area contributed by atoms with Gasteiger partial charge in [0.1, 0.15) is 5.75 Å². The minimum absolute atomic E-state index is 0.260. The third kappa shape index (κ3) is 0.876. The Bertz CT molecular complexity index is 560. The van der Waals surface area contributed by atoms with Crippen molar-refractivity contribution in [2.75, 3.05) is 0 Å². The molecule has 0 unspecified atom stereocenters. The van der Waals surface area contributed by atoms with Crippen LogP contribution in [0.25, 0.3) is 10.8 Å². The number of halogens is 1. The molecule has 14 heavy (non-hydrogen) atoms. The van der Waals surface area contributed by atoms with Gasteiger partial charge in [-0.15, -0.1) is 0 Å². The minimum Gasteiger partial charge on any atom is -0.422 e. The molecular formula is C11H5BrO2. The van der Waals surface area contributed by atoms with Gasteiger partial charge in [-0.25, -0.2) is 4.79 Å². The second kappa shape index (κ2) is 2.58.